The van der Waals surface area contributed by atoms with Gasteiger partial charge in [-0.1, -0.05) is 66.7 Å². The molecule has 1 N–H and O–H groups in total. The fourth-order valence-corrected chi connectivity index (χ4v) is 4.24. The Kier molecular flexibility index (Phi) is 4.53. The average molecular weight is 382 g/mol. The third kappa shape index (κ3) is 3.27. The highest BCUT2D eigenvalue weighted by atomic mass is 16.5. The van der Waals surface area contributed by atoms with E-state index in [-0.39, 0.29) is 18.6 Å². The Labute approximate surface area is 169 Å². The molecule has 0 saturated heterocycles. The number of H-pyrrole nitrogens is 1. The fraction of sp³-hybridized carbons (Fsp3) is 0.160. The number of aromatic nitrogens is 1. The van der Waals surface area contributed by atoms with Crippen LogP contribution in [0.5, 0.6) is 5.75 Å². The van der Waals surface area contributed by atoms with E-state index >= 15 is 0 Å². The minimum Gasteiger partial charge on any atom is -0.484 e. The molecule has 4 heteroatoms. The molecule has 1 atom stereocenters. The summed E-state index contributed by atoms with van der Waals surface area (Å²) in [6.45, 7) is 0.703. The lowest BCUT2D eigenvalue weighted by Gasteiger charge is -2.36. The molecule has 0 saturated carbocycles. The minimum absolute atomic E-state index is 0.00740. The van der Waals surface area contributed by atoms with Crippen molar-refractivity contribution in [1.82, 2.24) is 9.88 Å². The van der Waals surface area contributed by atoms with E-state index in [2.05, 4.69) is 35.3 Å². The van der Waals surface area contributed by atoms with Gasteiger partial charge >= 0.3 is 0 Å². The largest absolute Gasteiger partial charge is 0.484 e. The lowest BCUT2D eigenvalue weighted by molar-refractivity contribution is -0.135. The topological polar surface area (TPSA) is 45.3 Å². The third-order valence-electron chi connectivity index (χ3n) is 5.58. The number of ether oxygens (including phenoxy) is 1. The summed E-state index contributed by atoms with van der Waals surface area (Å²) in [6, 6.07) is 27.9. The molecule has 0 unspecified atom stereocenters. The lowest BCUT2D eigenvalue weighted by Crippen LogP contribution is -2.42. The van der Waals surface area contributed by atoms with Crippen molar-refractivity contribution in [3.05, 3.63) is 102 Å². The molecule has 0 radical (unpaired) electrons. The van der Waals surface area contributed by atoms with Gasteiger partial charge in [-0.05, 0) is 35.7 Å². The Morgan fingerprint density at radius 1 is 0.931 bits per heavy atom. The van der Waals surface area contributed by atoms with Crippen LogP contribution in [0.25, 0.3) is 10.9 Å². The number of fused-ring (bicyclic) bond motifs is 3. The van der Waals surface area contributed by atoms with Crippen molar-refractivity contribution in [2.75, 3.05) is 13.2 Å². The van der Waals surface area contributed by atoms with Crippen LogP contribution < -0.4 is 4.74 Å². The molecule has 5 rings (SSSR count). The lowest BCUT2D eigenvalue weighted by atomic mass is 9.92. The van der Waals surface area contributed by atoms with E-state index in [0.717, 1.165) is 23.2 Å². The summed E-state index contributed by atoms with van der Waals surface area (Å²) in [5.74, 6) is 0.701. The molecule has 144 valence electrons. The summed E-state index contributed by atoms with van der Waals surface area (Å²) in [5, 5.41) is 1.25. The third-order valence-corrected chi connectivity index (χ3v) is 5.58. The van der Waals surface area contributed by atoms with E-state index in [4.69, 9.17) is 4.74 Å². The monoisotopic (exact) mass is 382 g/mol. The van der Waals surface area contributed by atoms with Crippen molar-refractivity contribution in [1.29, 1.82) is 0 Å². The van der Waals surface area contributed by atoms with Crippen LogP contribution in [0.15, 0.2) is 84.9 Å². The van der Waals surface area contributed by atoms with Crippen LogP contribution in [-0.2, 0) is 11.2 Å². The van der Waals surface area contributed by atoms with Gasteiger partial charge in [0.25, 0.3) is 5.91 Å². The summed E-state index contributed by atoms with van der Waals surface area (Å²) in [5.41, 5.74) is 4.64. The average Bonchev–Trinajstić information content (AvgIpc) is 3.17. The fourth-order valence-electron chi connectivity index (χ4n) is 4.24. The second-order valence-electron chi connectivity index (χ2n) is 7.31. The second-order valence-corrected chi connectivity index (χ2v) is 7.31. The van der Waals surface area contributed by atoms with Gasteiger partial charge < -0.3 is 14.6 Å². The predicted molar refractivity (Wildman–Crippen MR) is 114 cm³/mol. The van der Waals surface area contributed by atoms with E-state index in [1.165, 1.54) is 10.9 Å². The number of para-hydroxylation sites is 2. The molecule has 0 bridgehead atoms. The first kappa shape index (κ1) is 17.6. The summed E-state index contributed by atoms with van der Waals surface area (Å²) in [7, 11) is 0. The van der Waals surface area contributed by atoms with Crippen LogP contribution in [0, 0.1) is 0 Å². The molecular formula is C25H22N2O2. The van der Waals surface area contributed by atoms with Crippen molar-refractivity contribution in [3.63, 3.8) is 0 Å². The molecule has 1 aromatic heterocycles. The van der Waals surface area contributed by atoms with Crippen molar-refractivity contribution >= 4 is 16.8 Å². The number of carbonyl (C=O) groups excluding carboxylic acids is 1. The van der Waals surface area contributed by atoms with Gasteiger partial charge in [0, 0.05) is 23.1 Å². The van der Waals surface area contributed by atoms with E-state index in [1.807, 2.05) is 59.5 Å². The number of nitrogens with zero attached hydrogens (tertiary/aromatic N) is 1. The summed E-state index contributed by atoms with van der Waals surface area (Å²) >= 11 is 0. The maximum atomic E-state index is 13.2. The van der Waals surface area contributed by atoms with Crippen molar-refractivity contribution in [2.45, 2.75) is 12.5 Å². The molecule has 3 aromatic carbocycles. The Morgan fingerprint density at radius 2 is 1.62 bits per heavy atom. The van der Waals surface area contributed by atoms with Gasteiger partial charge in [0.2, 0.25) is 0 Å². The summed E-state index contributed by atoms with van der Waals surface area (Å²) in [6.07, 6.45) is 0.833. The standard InChI is InChI=1S/C25H22N2O2/c28-23(17-29-19-11-5-2-6-12-19)27-16-15-21-20-13-7-8-14-22(20)26-24(21)25(27)18-9-3-1-4-10-18/h1-14,25-26H,15-17H2/t25-/m1/s1. The van der Waals surface area contributed by atoms with E-state index in [0.29, 0.717) is 12.3 Å². The second kappa shape index (κ2) is 7.47. The smallest absolute Gasteiger partial charge is 0.261 e. The summed E-state index contributed by atoms with van der Waals surface area (Å²) < 4.78 is 5.75. The first-order valence-electron chi connectivity index (χ1n) is 9.93. The van der Waals surface area contributed by atoms with Crippen LogP contribution in [-0.4, -0.2) is 28.9 Å². The van der Waals surface area contributed by atoms with Gasteiger partial charge in [-0.3, -0.25) is 4.79 Å². The zero-order chi connectivity index (χ0) is 19.6. The van der Waals surface area contributed by atoms with Crippen LogP contribution in [0.3, 0.4) is 0 Å². The van der Waals surface area contributed by atoms with E-state index in [1.54, 1.807) is 0 Å². The number of rotatable bonds is 4. The zero-order valence-electron chi connectivity index (χ0n) is 16.0. The molecule has 0 aliphatic carbocycles. The highest BCUT2D eigenvalue weighted by Gasteiger charge is 2.34. The molecule has 4 aromatic rings. The first-order chi connectivity index (χ1) is 14.3. The Hall–Kier alpha value is -3.53. The molecule has 1 amide bonds. The van der Waals surface area contributed by atoms with Gasteiger partial charge in [-0.2, -0.15) is 0 Å². The molecule has 0 spiro atoms. The highest BCUT2D eigenvalue weighted by Crippen LogP contribution is 2.38. The van der Waals surface area contributed by atoms with Crippen molar-refractivity contribution in [2.24, 2.45) is 0 Å². The zero-order valence-corrected chi connectivity index (χ0v) is 16.0. The van der Waals surface area contributed by atoms with Gasteiger partial charge in [0.05, 0.1) is 6.04 Å². The molecule has 2 heterocycles. The number of carbonyl (C=O) groups is 1. The Morgan fingerprint density at radius 3 is 2.41 bits per heavy atom. The predicted octanol–water partition coefficient (Wildman–Crippen LogP) is 4.72. The van der Waals surface area contributed by atoms with Crippen molar-refractivity contribution < 1.29 is 9.53 Å². The molecule has 1 aliphatic heterocycles. The molecule has 1 aliphatic rings. The van der Waals surface area contributed by atoms with Gasteiger partial charge in [-0.15, -0.1) is 0 Å². The minimum atomic E-state index is -0.140. The van der Waals surface area contributed by atoms with Crippen LogP contribution in [0.2, 0.25) is 0 Å². The van der Waals surface area contributed by atoms with Gasteiger partial charge in [0.1, 0.15) is 5.75 Å². The first-order valence-corrected chi connectivity index (χ1v) is 9.93. The maximum Gasteiger partial charge on any atom is 0.261 e. The molecule has 0 fully saturated rings. The Bertz CT molecular complexity index is 1140. The molecular weight excluding hydrogens is 360 g/mol. The Balaban J connectivity index is 1.50. The number of nitrogens with one attached hydrogen (secondary N) is 1. The van der Waals surface area contributed by atoms with Crippen molar-refractivity contribution in [3.8, 4) is 5.75 Å². The number of amides is 1. The van der Waals surface area contributed by atoms with Crippen LogP contribution in [0.4, 0.5) is 0 Å². The summed E-state index contributed by atoms with van der Waals surface area (Å²) in [4.78, 5) is 18.7. The molecule has 29 heavy (non-hydrogen) atoms. The highest BCUT2D eigenvalue weighted by molar-refractivity contribution is 5.86. The number of aromatic amines is 1. The van der Waals surface area contributed by atoms with Gasteiger partial charge in [0.15, 0.2) is 6.61 Å². The molecule has 4 nitrogen and oxygen atoms in total. The number of benzene rings is 3. The number of hydrogen-bond donors (Lipinski definition) is 1. The quantitative estimate of drug-likeness (QED) is 0.555. The van der Waals surface area contributed by atoms with Crippen LogP contribution >= 0.6 is 0 Å². The van der Waals surface area contributed by atoms with E-state index < -0.39 is 0 Å². The van der Waals surface area contributed by atoms with Gasteiger partial charge in [-0.25, -0.2) is 0 Å². The normalized spacial score (nSPS) is 15.9. The maximum absolute atomic E-state index is 13.2. The van der Waals surface area contributed by atoms with E-state index in [9.17, 15) is 4.79 Å². The van der Waals surface area contributed by atoms with Crippen LogP contribution in [0.1, 0.15) is 22.9 Å². The SMILES string of the molecule is O=C(COc1ccccc1)N1CCc2c([nH]c3ccccc23)[C@H]1c1ccccc1. The number of hydrogen-bond acceptors (Lipinski definition) is 2.